The van der Waals surface area contributed by atoms with Crippen molar-refractivity contribution in [2.75, 3.05) is 57.4 Å². The number of hydrogen-bond acceptors (Lipinski definition) is 10. The van der Waals surface area contributed by atoms with Crippen LogP contribution in [0.1, 0.15) is 111 Å². The number of rotatable bonds is 14. The van der Waals surface area contributed by atoms with Crippen molar-refractivity contribution in [2.45, 2.75) is 101 Å². The Morgan fingerprint density at radius 1 is 0.921 bits per heavy atom. The second-order valence-corrected chi connectivity index (χ2v) is 21.5. The Hall–Kier alpha value is -6.28. The number of ether oxygens (including phenoxy) is 2. The summed E-state index contributed by atoms with van der Waals surface area (Å²) in [4.78, 5) is 56.8. The first-order valence-corrected chi connectivity index (χ1v) is 26.7. The number of likely N-dealkylation sites (tertiary alicyclic amines) is 2. The molecule has 1 aliphatic carbocycles. The highest BCUT2D eigenvalue weighted by Gasteiger charge is 2.54. The van der Waals surface area contributed by atoms with Crippen LogP contribution in [0.5, 0.6) is 11.5 Å². The molecular formula is C56H63ClF4N8O7. The van der Waals surface area contributed by atoms with E-state index in [1.165, 1.54) is 33.8 Å². The molecule has 15 nitrogen and oxygen atoms in total. The number of carbonyl (C=O) groups is 4. The van der Waals surface area contributed by atoms with E-state index in [1.54, 1.807) is 7.05 Å². The number of nitrogens with one attached hydrogen (secondary N) is 2. The lowest BCUT2D eigenvalue weighted by atomic mass is 9.73. The summed E-state index contributed by atoms with van der Waals surface area (Å²) in [6.07, 6.45) is 5.78. The molecule has 20 heteroatoms. The zero-order valence-corrected chi connectivity index (χ0v) is 43.5. The molecule has 5 aromatic rings. The molecule has 3 atom stereocenters. The minimum atomic E-state index is -1.17. The first-order chi connectivity index (χ1) is 36.5. The molecule has 5 heterocycles. The summed E-state index contributed by atoms with van der Waals surface area (Å²) in [5, 5.41) is 19.6. The number of aromatic nitrogens is 2. The molecule has 5 N–H and O–H groups in total. The maximum atomic E-state index is 16.6. The van der Waals surface area contributed by atoms with Crippen LogP contribution in [0.4, 0.5) is 28.2 Å². The molecule has 3 saturated heterocycles. The van der Waals surface area contributed by atoms with Gasteiger partial charge in [0, 0.05) is 91.9 Å². The van der Waals surface area contributed by atoms with Crippen LogP contribution in [-0.4, -0.2) is 113 Å². The van der Waals surface area contributed by atoms with Gasteiger partial charge in [-0.05, 0) is 107 Å². The normalized spacial score (nSPS) is 23.1. The van der Waals surface area contributed by atoms with E-state index in [2.05, 4.69) is 20.6 Å². The molecule has 4 aliphatic heterocycles. The molecule has 0 spiro atoms. The van der Waals surface area contributed by atoms with Crippen molar-refractivity contribution >= 4 is 52.1 Å². The fourth-order valence-corrected chi connectivity index (χ4v) is 13.2. The first-order valence-electron chi connectivity index (χ1n) is 26.4. The number of carbonyl (C=O) groups excluding carboxylic acids is 4. The Morgan fingerprint density at radius 2 is 1.63 bits per heavy atom. The predicted molar refractivity (Wildman–Crippen MR) is 277 cm³/mol. The number of aliphatic hydroxyl groups excluding tert-OH is 1. The summed E-state index contributed by atoms with van der Waals surface area (Å²) in [7, 11) is 1.56. The molecule has 5 aliphatic rings. The molecule has 404 valence electrons. The predicted octanol–water partition coefficient (Wildman–Crippen LogP) is 8.41. The van der Waals surface area contributed by atoms with E-state index in [-0.39, 0.29) is 93.8 Å². The van der Waals surface area contributed by atoms with Gasteiger partial charge in [-0.15, -0.1) is 0 Å². The van der Waals surface area contributed by atoms with Crippen LogP contribution in [-0.2, 0) is 22.2 Å². The van der Waals surface area contributed by atoms with Crippen molar-refractivity contribution in [1.82, 2.24) is 30.2 Å². The first kappa shape index (κ1) is 53.1. The maximum absolute atomic E-state index is 16.6. The maximum Gasteiger partial charge on any atom is 0.329 e. The van der Waals surface area contributed by atoms with Crippen molar-refractivity contribution in [3.63, 3.8) is 0 Å². The molecule has 4 fully saturated rings. The minimum Gasteiger partial charge on any atom is -0.488 e. The summed E-state index contributed by atoms with van der Waals surface area (Å²) in [6.45, 7) is 6.88. The fourth-order valence-electron chi connectivity index (χ4n) is 12.9. The Kier molecular flexibility index (Phi) is 15.1. The number of nitrogens with two attached hydrogens (primary N) is 1. The lowest BCUT2D eigenvalue weighted by Crippen LogP contribution is -2.55. The van der Waals surface area contributed by atoms with Gasteiger partial charge in [-0.3, -0.25) is 29.3 Å². The third kappa shape index (κ3) is 9.65. The van der Waals surface area contributed by atoms with Crippen LogP contribution in [0.2, 0.25) is 5.02 Å². The van der Waals surface area contributed by atoms with Gasteiger partial charge in [0.05, 0.1) is 22.6 Å². The molecule has 10 rings (SSSR count). The van der Waals surface area contributed by atoms with Crippen molar-refractivity contribution in [1.29, 1.82) is 0 Å². The Balaban J connectivity index is 0.751. The highest BCUT2D eigenvalue weighted by Crippen LogP contribution is 2.58. The number of primary amides is 1. The number of imide groups is 1. The van der Waals surface area contributed by atoms with Crippen LogP contribution in [0.3, 0.4) is 0 Å². The molecule has 5 amide bonds. The van der Waals surface area contributed by atoms with E-state index >= 15 is 17.6 Å². The summed E-state index contributed by atoms with van der Waals surface area (Å²) in [6, 6.07) is 13.4. The van der Waals surface area contributed by atoms with Gasteiger partial charge in [0.1, 0.15) is 29.5 Å². The number of nitrogens with zero attached hydrogens (tertiary/aromatic N) is 5. The summed E-state index contributed by atoms with van der Waals surface area (Å²) >= 11 is 6.75. The molecule has 0 radical (unpaired) electrons. The van der Waals surface area contributed by atoms with Crippen molar-refractivity contribution < 1.29 is 51.3 Å². The average molecular weight is 1070 g/mol. The number of urea groups is 1. The number of aryl methyl sites for hydroxylation is 1. The number of piperidine rings is 2. The number of amides is 5. The van der Waals surface area contributed by atoms with Crippen LogP contribution >= 0.6 is 11.6 Å². The summed E-state index contributed by atoms with van der Waals surface area (Å²) in [5.74, 6) is -5.12. The third-order valence-electron chi connectivity index (χ3n) is 16.8. The van der Waals surface area contributed by atoms with Gasteiger partial charge >= 0.3 is 6.03 Å². The monoisotopic (exact) mass is 1070 g/mol. The summed E-state index contributed by atoms with van der Waals surface area (Å²) < 4.78 is 78.3. The molecule has 4 aromatic carbocycles. The number of aliphatic hydroxyl groups is 1. The second-order valence-electron chi connectivity index (χ2n) is 21.1. The van der Waals surface area contributed by atoms with E-state index in [9.17, 15) is 24.3 Å². The number of fused-ring (bicyclic) bond motifs is 2. The molecule has 3 unspecified atom stereocenters. The van der Waals surface area contributed by atoms with Crippen LogP contribution in [0.25, 0.3) is 22.0 Å². The van der Waals surface area contributed by atoms with E-state index in [4.69, 9.17) is 26.8 Å². The molecule has 0 bridgehead atoms. The largest absolute Gasteiger partial charge is 0.488 e. The highest BCUT2D eigenvalue weighted by atomic mass is 35.5. The van der Waals surface area contributed by atoms with Crippen LogP contribution < -0.4 is 30.7 Å². The van der Waals surface area contributed by atoms with Gasteiger partial charge < -0.3 is 35.4 Å². The van der Waals surface area contributed by atoms with Crippen LogP contribution in [0.15, 0.2) is 54.6 Å². The lowest BCUT2D eigenvalue weighted by Gasteiger charge is -2.43. The van der Waals surface area contributed by atoms with Crippen molar-refractivity contribution in [3.05, 3.63) is 105 Å². The number of anilines is 1. The number of benzene rings is 4. The van der Waals surface area contributed by atoms with E-state index in [0.29, 0.717) is 63.3 Å². The quantitative estimate of drug-likeness (QED) is 0.0788. The van der Waals surface area contributed by atoms with E-state index < -0.39 is 70.3 Å². The third-order valence-corrected chi connectivity index (χ3v) is 17.1. The Labute approximate surface area is 443 Å². The molecule has 76 heavy (non-hydrogen) atoms. The SMILES string of the molecule is CC(NC1CCC(C(=O)N2CCC(CN3CCC(c4c(F)cc5c(N6CCC(=O)NC6=O)nn(C)c5c4F)CC3)CC2)CC1)C1(c2ccccc2)Oc2cc(F)c(Cl)c(-c3c(C(N)=O)ccc(OCCO)c3F)c2C1C. The standard InChI is InChI=1S/C56H63ClF4N8O7/c1-30-44-42(28-40(59)48(57)47(44)46-37(52(62)72)13-14-41(49(46)60)75-26-25-70)76-56(30,35-7-5-4-6-8-35)31(2)63-36-11-9-34(10-12-36)54(73)68-22-15-32(16-23-68)29-67-20-17-33(18-21-67)45-39(58)27-38-51(50(45)61)66(3)65-53(38)69-24-19-43(71)64-55(69)74/h4-8,13-14,27-28,30-34,36,63,70H,9-12,15-26,29H2,1-3H3,(H2,62,72)(H,64,71,74). The van der Waals surface area contributed by atoms with Crippen LogP contribution in [0, 0.1) is 35.1 Å². The number of hydrogen-bond donors (Lipinski definition) is 4. The average Bonchev–Trinajstić information content (AvgIpc) is 3.96. The highest BCUT2D eigenvalue weighted by molar-refractivity contribution is 6.34. The molecular weight excluding hydrogens is 1010 g/mol. The van der Waals surface area contributed by atoms with Gasteiger partial charge in [0.15, 0.2) is 28.8 Å². The Bertz CT molecular complexity index is 3070. The smallest absolute Gasteiger partial charge is 0.329 e. The Morgan fingerprint density at radius 3 is 2.30 bits per heavy atom. The topological polar surface area (TPSA) is 185 Å². The van der Waals surface area contributed by atoms with E-state index in [1.807, 2.05) is 49.1 Å². The minimum absolute atomic E-state index is 0.00941. The van der Waals surface area contributed by atoms with E-state index in [0.717, 1.165) is 37.8 Å². The second kappa shape index (κ2) is 21.6. The number of halogens is 5. The van der Waals surface area contributed by atoms with Crippen molar-refractivity contribution in [2.24, 2.45) is 24.6 Å². The molecule has 1 saturated carbocycles. The zero-order valence-electron chi connectivity index (χ0n) is 42.8. The van der Waals surface area contributed by atoms with Crippen molar-refractivity contribution in [3.8, 4) is 22.6 Å². The molecule has 1 aromatic heterocycles. The van der Waals surface area contributed by atoms with Gasteiger partial charge in [-0.25, -0.2) is 22.4 Å². The van der Waals surface area contributed by atoms with Gasteiger partial charge in [-0.2, -0.15) is 5.10 Å². The summed E-state index contributed by atoms with van der Waals surface area (Å²) in [5.41, 5.74) is 5.29. The van der Waals surface area contributed by atoms with Gasteiger partial charge in [-0.1, -0.05) is 48.9 Å². The van der Waals surface area contributed by atoms with Gasteiger partial charge in [0.25, 0.3) is 0 Å². The zero-order chi connectivity index (χ0) is 53.7. The fraction of sp³-hybridized carbons (Fsp3) is 0.482. The lowest BCUT2D eigenvalue weighted by molar-refractivity contribution is -0.138. The van der Waals surface area contributed by atoms with Gasteiger partial charge in [0.2, 0.25) is 17.7 Å².